The Kier molecular flexibility index (Phi) is 43.1. The van der Waals surface area contributed by atoms with E-state index in [2.05, 4.69) is 113 Å². The summed E-state index contributed by atoms with van der Waals surface area (Å²) in [6, 6.07) is 37.3. The van der Waals surface area contributed by atoms with E-state index in [1.165, 1.54) is 51.2 Å². The van der Waals surface area contributed by atoms with Crippen molar-refractivity contribution in [3.05, 3.63) is 171 Å². The largest absolute Gasteiger partial charge is 0.508 e. The van der Waals surface area contributed by atoms with Gasteiger partial charge in [-0.2, -0.15) is 0 Å². The van der Waals surface area contributed by atoms with Gasteiger partial charge in [0.15, 0.2) is 59.3 Å². The van der Waals surface area contributed by atoms with Crippen molar-refractivity contribution in [3.8, 4) is 120 Å². The molecule has 0 aliphatic carbocycles. The summed E-state index contributed by atoms with van der Waals surface area (Å²) in [7, 11) is 14.3. The Labute approximate surface area is 829 Å². The quantitative estimate of drug-likeness (QED) is 0.00559. The van der Waals surface area contributed by atoms with Crippen LogP contribution < -0.4 is 33.3 Å². The van der Waals surface area contributed by atoms with Crippen LogP contribution in [0.3, 0.4) is 0 Å². The molecule has 7 aromatic carbocycles. The first kappa shape index (κ1) is 111. The number of ether oxygens (including phenoxy) is 6. The van der Waals surface area contributed by atoms with Crippen LogP contribution >= 0.6 is 82.3 Å². The number of carboxylic acid groups (broad SMARTS) is 7. The number of carbonyl (C=O) groups is 7. The molecule has 0 amide bonds. The first-order valence-electron chi connectivity index (χ1n) is 40.1. The number of benzene rings is 7. The van der Waals surface area contributed by atoms with E-state index in [0.29, 0.717) is 93.8 Å². The van der Waals surface area contributed by atoms with Crippen LogP contribution in [0, 0.1) is 35.8 Å². The van der Waals surface area contributed by atoms with Crippen molar-refractivity contribution >= 4 is 147 Å². The number of hydrogen-bond acceptors (Lipinski definition) is 40. The Morgan fingerprint density at radius 3 is 1.16 bits per heavy atom. The number of nitrogens with one attached hydrogen (secondary N) is 7. The third kappa shape index (κ3) is 34.1. The second-order valence-electron chi connectivity index (χ2n) is 27.8. The van der Waals surface area contributed by atoms with Gasteiger partial charge in [0.2, 0.25) is 41.8 Å². The number of anilines is 1. The molecule has 7 aromatic heterocycles. The molecule has 14 rings (SSSR count). The number of aliphatic carboxylic acids is 7. The van der Waals surface area contributed by atoms with Gasteiger partial charge in [-0.1, -0.05) is 149 Å². The first-order chi connectivity index (χ1) is 67.3. The minimum absolute atomic E-state index is 0.0261. The van der Waals surface area contributed by atoms with Crippen molar-refractivity contribution < 1.29 is 118 Å². The third-order valence-electron chi connectivity index (χ3n) is 17.7. The fraction of sp³-hybridized carbons (Fsp3) is 0.235. The monoisotopic (exact) mass is 2070 g/mol. The molecule has 141 heavy (non-hydrogen) atoms. The molecule has 742 valence electrons. The van der Waals surface area contributed by atoms with Crippen LogP contribution in [0.25, 0.3) is 85.5 Å². The first-order valence-corrected chi connectivity index (χ1v) is 47.0. The third-order valence-corrected chi connectivity index (χ3v) is 23.6. The van der Waals surface area contributed by atoms with Gasteiger partial charge in [-0.3, -0.25) is 79.4 Å². The summed E-state index contributed by atoms with van der Waals surface area (Å²) in [5, 5.41) is 140. The molecule has 0 unspecified atom stereocenters. The maximum Gasteiger partial charge on any atom is 0.313 e. The number of aromatic hydroxyl groups is 1. The molecule has 0 atom stereocenters. The van der Waals surface area contributed by atoms with Crippen LogP contribution in [0.5, 0.6) is 40.2 Å². The number of nitro groups is 1. The predicted octanol–water partition coefficient (Wildman–Crippen LogP) is 13.2. The standard InChI is InChI=1S/C13H16N4O3S.C13H15N3O4S.C12H12N4O6S.C12H13N3O3S.C12H11N3O3S.C12H13N3O2S.C11H10N4O4S/c1-17(2)8-4-5-9(10(6-8)20-3)12-14-13(16-15-12)21-7-11(18)19;1-7-9(19-2)5-4-8(11(7)20-3)12-14-13(16-15-12)21-6-10(17)18;1-21-8-3-6(7(16(19)20)4-9(8)22-2)11-13-12(15-14-11)23-5-10(17)18;1-7-4-3-5-8(10(7)18-2)11-13-12(15-14-11)19-6-9(16)17;1-7(16)8-3-2-4-9(5-8)11-13-12(15-14-11)19-6-10(17)18;1-8-3-2-4-9(7-8)11-13-12(15-14-11)18-6-5-10(16)17;1-15(19)7-4-2-3-6(9(7)18)10-12-11(14-13-10)20-5-8(16)17/h4-6H,7H2,1-3H3,(H,18,19)(H,14,15,16);4-5H,6H2,1-3H3,(H,17,18)(H,14,15,16);3-4H,5H2,1-2H3,(H,17,18)(H,13,14,15);3-5H,6H2,1-2H3,(H,16,17)(H,13,14,15);2-5,16H,1,6H2,(H,17,18)(H,13,14,15);2-4,7H,5-6H2,1H3,(H,16,17)(H,13,14,15);2-4H,5H2,1H3,(H2-,12,13,14,16,17,18,19)/p+1. The van der Waals surface area contributed by atoms with Crippen molar-refractivity contribution in [1.82, 2.24) is 106 Å². The normalized spacial score (nSPS) is 10.4. The number of thioether (sulfide) groups is 7. The van der Waals surface area contributed by atoms with Crippen molar-refractivity contribution in [2.75, 3.05) is 109 Å². The number of phenolic OH excluding ortho intramolecular Hbond substituents is 1. The summed E-state index contributed by atoms with van der Waals surface area (Å²) < 4.78 is 32.1. The molecule has 0 bridgehead atoms. The lowest BCUT2D eigenvalue weighted by Gasteiger charge is -2.15. The van der Waals surface area contributed by atoms with E-state index < -0.39 is 46.7 Å². The summed E-state index contributed by atoms with van der Waals surface area (Å²) in [6.45, 7) is 9.30. The van der Waals surface area contributed by atoms with E-state index in [4.69, 9.17) is 64.2 Å². The fourth-order valence-corrected chi connectivity index (χ4v) is 15.3. The van der Waals surface area contributed by atoms with E-state index in [-0.39, 0.29) is 97.1 Å². The number of carboxylic acids is 7. The molecule has 16 N–H and O–H groups in total. The molecular weight excluding hydrogens is 1980 g/mol. The number of phenols is 1. The average molecular weight is 2070 g/mol. The zero-order valence-corrected chi connectivity index (χ0v) is 82.2. The van der Waals surface area contributed by atoms with E-state index >= 15 is 0 Å². The Bertz CT molecular complexity index is 6690. The number of nitrogens with zero attached hydrogens (tertiary/aromatic N) is 17. The summed E-state index contributed by atoms with van der Waals surface area (Å²) in [4.78, 5) is 127. The molecular formula is C85H91N24O25S7+. The van der Waals surface area contributed by atoms with Gasteiger partial charge in [-0.05, 0) is 74.9 Å². The van der Waals surface area contributed by atoms with E-state index in [1.807, 2.05) is 113 Å². The van der Waals surface area contributed by atoms with Crippen LogP contribution in [-0.2, 0) is 33.6 Å². The number of aryl methyl sites for hydroxylation is 2. The lowest BCUT2D eigenvalue weighted by Crippen LogP contribution is -2.08. The maximum atomic E-state index is 11.3. The Morgan fingerprint density at radius 2 is 0.752 bits per heavy atom. The lowest BCUT2D eigenvalue weighted by molar-refractivity contribution is -0.429. The van der Waals surface area contributed by atoms with Crippen LogP contribution in [-0.4, -0.2) is 308 Å². The highest BCUT2D eigenvalue weighted by atomic mass is 32.2. The number of aromatic nitrogens is 21. The summed E-state index contributed by atoms with van der Waals surface area (Å²) in [6.07, 6.45) is 0.110. The van der Waals surface area contributed by atoms with Crippen LogP contribution in [0.15, 0.2) is 170 Å². The molecule has 0 saturated heterocycles. The molecule has 14 aromatic rings. The zero-order chi connectivity index (χ0) is 103. The molecule has 0 fully saturated rings. The number of para-hydroxylation sites is 2. The molecule has 7 heterocycles. The fourth-order valence-electron chi connectivity index (χ4n) is 11.5. The number of aliphatic hydroxyl groups excluding tert-OH is 1. The number of methoxy groups -OCH3 is 6. The molecule has 49 nitrogen and oxygen atoms in total. The van der Waals surface area contributed by atoms with Crippen molar-refractivity contribution in [2.45, 2.75) is 63.3 Å². The Hall–Kier alpha value is -15.8. The predicted molar refractivity (Wildman–Crippen MR) is 523 cm³/mol. The van der Waals surface area contributed by atoms with Gasteiger partial charge in [0.1, 0.15) is 34.3 Å². The topological polar surface area (TPSA) is 714 Å². The summed E-state index contributed by atoms with van der Waals surface area (Å²) in [5.41, 5.74) is 8.99. The van der Waals surface area contributed by atoms with Gasteiger partial charge < -0.3 is 79.3 Å². The van der Waals surface area contributed by atoms with Crippen LogP contribution in [0.4, 0.5) is 17.1 Å². The molecule has 0 radical (unpaired) electrons. The molecule has 0 saturated carbocycles. The number of H-pyrrole nitrogens is 7. The second-order valence-corrected chi connectivity index (χ2v) is 34.5. The highest BCUT2D eigenvalue weighted by Gasteiger charge is 2.27. The Morgan fingerprint density at radius 1 is 0.383 bits per heavy atom. The zero-order valence-electron chi connectivity index (χ0n) is 76.5. The SMILES string of the molecule is C=C(O)c1cccc(-c2nc(SCC(=O)O)n[nH]2)c1.COc1c(C)cccc1-c1nc(SCC(=O)O)n[nH]1.COc1cc(-c2nc(SCC(=O)O)n[nH]2)c([N+](=O)[O-])cc1OC.COc1cc(N(C)C)ccc1-c1nc(SCC(=O)O)n[nH]1.COc1ccc(-c2nc(SCC(=O)O)n[nH]2)c(OC)c1C.C[N+](=O)c1cccc(-c2nc(SCC(=O)O)n[nH]2)c1O.Cc1cccc(-c2nc(SCCC(=O)O)n[nH]2)c1. The smallest absolute Gasteiger partial charge is 0.313 e. The Balaban J connectivity index is 0.000000202. The van der Waals surface area contributed by atoms with E-state index in [9.17, 15) is 58.8 Å². The number of hydrogen-bond donors (Lipinski definition) is 16. The minimum Gasteiger partial charge on any atom is -0.508 e. The molecule has 0 spiro atoms. The number of nitroso groups, excluding NO2 is 1. The highest BCUT2D eigenvalue weighted by molar-refractivity contribution is 8.01. The van der Waals surface area contributed by atoms with Gasteiger partial charge in [-0.25, -0.2) is 34.9 Å². The van der Waals surface area contributed by atoms with Crippen molar-refractivity contribution in [2.24, 2.45) is 0 Å². The van der Waals surface area contributed by atoms with Gasteiger partial charge in [0, 0.05) is 75.7 Å². The summed E-state index contributed by atoms with van der Waals surface area (Å²) >= 11 is 7.40. The van der Waals surface area contributed by atoms with Gasteiger partial charge in [-0.15, -0.1) is 35.7 Å². The maximum absolute atomic E-state index is 11.3. The molecule has 0 aliphatic heterocycles. The minimum atomic E-state index is -1.02. The van der Waals surface area contributed by atoms with Crippen molar-refractivity contribution in [3.63, 3.8) is 0 Å². The number of aliphatic hydroxyl groups is 1. The number of nitro benzene ring substituents is 1. The van der Waals surface area contributed by atoms with Crippen molar-refractivity contribution in [1.29, 1.82) is 0 Å². The molecule has 56 heteroatoms. The van der Waals surface area contributed by atoms with Crippen LogP contribution in [0.2, 0.25) is 0 Å². The molecule has 0 aliphatic rings. The summed E-state index contributed by atoms with van der Waals surface area (Å²) in [5.74, 6) is -0.393. The van der Waals surface area contributed by atoms with E-state index in [0.717, 1.165) is 132 Å². The lowest BCUT2D eigenvalue weighted by atomic mass is 10.1. The van der Waals surface area contributed by atoms with E-state index in [1.54, 1.807) is 64.8 Å². The van der Waals surface area contributed by atoms with Crippen LogP contribution in [0.1, 0.15) is 28.7 Å². The van der Waals surface area contributed by atoms with Gasteiger partial charge in [0.25, 0.3) is 11.4 Å². The highest BCUT2D eigenvalue weighted by Crippen LogP contribution is 2.42. The van der Waals surface area contributed by atoms with Gasteiger partial charge >= 0.3 is 41.8 Å². The number of aromatic amines is 7. The number of rotatable bonds is 39. The van der Waals surface area contributed by atoms with Gasteiger partial charge in [0.05, 0.1) is 117 Å². The second kappa shape index (κ2) is 55.0. The average Bonchev–Trinajstić information content (AvgIpc) is 1.77.